The third-order valence-electron chi connectivity index (χ3n) is 2.22. The summed E-state index contributed by atoms with van der Waals surface area (Å²) in [6, 6.07) is 0. The van der Waals surface area contributed by atoms with Gasteiger partial charge in [0.2, 0.25) is 0 Å². The van der Waals surface area contributed by atoms with E-state index in [1.165, 1.54) is 4.68 Å². The first-order chi connectivity index (χ1) is 5.70. The maximum atomic E-state index is 11.3. The first-order valence-corrected chi connectivity index (χ1v) is 4.02. The molecule has 1 saturated carbocycles. The van der Waals surface area contributed by atoms with Crippen LogP contribution in [0.5, 0.6) is 0 Å². The molecule has 0 saturated heterocycles. The summed E-state index contributed by atoms with van der Waals surface area (Å²) in [4.78, 5) is 11.3. The van der Waals surface area contributed by atoms with Crippen LogP contribution in [0.4, 0.5) is 5.69 Å². The van der Waals surface area contributed by atoms with Gasteiger partial charge < -0.3 is 5.73 Å². The molecule has 0 radical (unpaired) electrons. The average Bonchev–Trinajstić information content (AvgIpc) is 2.84. The summed E-state index contributed by atoms with van der Waals surface area (Å²) in [5.41, 5.74) is 6.77. The van der Waals surface area contributed by atoms with Gasteiger partial charge in [-0.15, -0.1) is 0 Å². The zero-order valence-corrected chi connectivity index (χ0v) is 6.95. The topological polar surface area (TPSA) is 60.9 Å². The Morgan fingerprint density at radius 2 is 2.33 bits per heavy atom. The number of nitrogen functional groups attached to an aromatic ring is 1. The normalized spacial score (nSPS) is 16.4. The summed E-state index contributed by atoms with van der Waals surface area (Å²) >= 11 is 0. The largest absolute Gasteiger partial charge is 0.394 e. The number of aryl methyl sites for hydroxylation is 1. The van der Waals surface area contributed by atoms with Crippen molar-refractivity contribution in [3.05, 3.63) is 22.1 Å². The predicted octanol–water partition coefficient (Wildman–Crippen LogP) is 0.240. The number of hydrogen-bond donors (Lipinski definition) is 1. The lowest BCUT2D eigenvalue weighted by Crippen LogP contribution is -2.23. The van der Waals surface area contributed by atoms with E-state index < -0.39 is 0 Å². The summed E-state index contributed by atoms with van der Waals surface area (Å²) in [6.45, 7) is 0. The van der Waals surface area contributed by atoms with Crippen LogP contribution in [0.3, 0.4) is 0 Å². The van der Waals surface area contributed by atoms with Crippen LogP contribution in [0.1, 0.15) is 24.3 Å². The molecule has 2 N–H and O–H groups in total. The van der Waals surface area contributed by atoms with E-state index in [0.29, 0.717) is 11.6 Å². The van der Waals surface area contributed by atoms with Crippen LogP contribution in [0.2, 0.25) is 0 Å². The summed E-state index contributed by atoms with van der Waals surface area (Å²) in [5, 5.41) is 3.92. The molecule has 4 nitrogen and oxygen atoms in total. The van der Waals surface area contributed by atoms with Gasteiger partial charge in [-0.05, 0) is 18.8 Å². The zero-order chi connectivity index (χ0) is 8.72. The molecule has 1 aliphatic carbocycles. The lowest BCUT2D eigenvalue weighted by molar-refractivity contribution is 0.703. The van der Waals surface area contributed by atoms with Crippen molar-refractivity contribution in [2.75, 3.05) is 5.73 Å². The number of nitrogens with two attached hydrogens (primary N) is 1. The van der Waals surface area contributed by atoms with Crippen molar-refractivity contribution in [1.82, 2.24) is 9.78 Å². The van der Waals surface area contributed by atoms with E-state index in [9.17, 15) is 4.79 Å². The zero-order valence-electron chi connectivity index (χ0n) is 6.95. The van der Waals surface area contributed by atoms with Gasteiger partial charge in [0.05, 0.1) is 6.20 Å². The van der Waals surface area contributed by atoms with Crippen LogP contribution in [-0.2, 0) is 7.05 Å². The number of anilines is 1. The minimum absolute atomic E-state index is 0.181. The number of hydrogen-bond acceptors (Lipinski definition) is 3. The lowest BCUT2D eigenvalue weighted by atomic mass is 10.2. The first-order valence-electron chi connectivity index (χ1n) is 4.02. The Morgan fingerprint density at radius 3 is 2.92 bits per heavy atom. The van der Waals surface area contributed by atoms with Crippen molar-refractivity contribution < 1.29 is 0 Å². The Morgan fingerprint density at radius 1 is 1.67 bits per heavy atom. The molecule has 1 heterocycles. The van der Waals surface area contributed by atoms with Gasteiger partial charge in [-0.3, -0.25) is 4.79 Å². The van der Waals surface area contributed by atoms with E-state index in [0.717, 1.165) is 18.4 Å². The molecule has 1 fully saturated rings. The fourth-order valence-electron chi connectivity index (χ4n) is 1.29. The molecule has 0 aliphatic heterocycles. The summed E-state index contributed by atoms with van der Waals surface area (Å²) in [5.74, 6) is 0.492. The van der Waals surface area contributed by atoms with Crippen LogP contribution < -0.4 is 11.3 Å². The van der Waals surface area contributed by atoms with Crippen molar-refractivity contribution in [1.29, 1.82) is 0 Å². The van der Waals surface area contributed by atoms with Gasteiger partial charge in [-0.25, -0.2) is 4.68 Å². The molecule has 0 bridgehead atoms. The number of rotatable bonds is 1. The van der Waals surface area contributed by atoms with E-state index in [2.05, 4.69) is 5.10 Å². The highest BCUT2D eigenvalue weighted by molar-refractivity contribution is 5.46. The molecule has 2 rings (SSSR count). The summed E-state index contributed by atoms with van der Waals surface area (Å²) < 4.78 is 1.27. The minimum Gasteiger partial charge on any atom is -0.394 e. The van der Waals surface area contributed by atoms with Gasteiger partial charge in [-0.1, -0.05) is 0 Å². The monoisotopic (exact) mass is 165 g/mol. The quantitative estimate of drug-likeness (QED) is 0.648. The van der Waals surface area contributed by atoms with E-state index in [4.69, 9.17) is 5.73 Å². The Kier molecular flexibility index (Phi) is 1.43. The second-order valence-corrected chi connectivity index (χ2v) is 3.22. The van der Waals surface area contributed by atoms with Crippen molar-refractivity contribution in [2.45, 2.75) is 18.8 Å². The molecule has 0 aromatic carbocycles. The van der Waals surface area contributed by atoms with Gasteiger partial charge in [0.25, 0.3) is 5.56 Å². The maximum absolute atomic E-state index is 11.3. The highest BCUT2D eigenvalue weighted by Crippen LogP contribution is 2.41. The molecule has 1 aromatic heterocycles. The molecule has 0 unspecified atom stereocenters. The van der Waals surface area contributed by atoms with Gasteiger partial charge in [0.15, 0.2) is 0 Å². The molecular formula is C8H11N3O. The van der Waals surface area contributed by atoms with Crippen molar-refractivity contribution in [3.63, 3.8) is 0 Å². The fourth-order valence-corrected chi connectivity index (χ4v) is 1.29. The van der Waals surface area contributed by atoms with Crippen LogP contribution in [0.25, 0.3) is 0 Å². The standard InChI is InChI=1S/C8H11N3O/c1-11-8(12)7(9)6(4-10-11)5-2-3-5/h4-5H,2-3,9H2,1H3. The lowest BCUT2D eigenvalue weighted by Gasteiger charge is -2.03. The van der Waals surface area contributed by atoms with Gasteiger partial charge in [0, 0.05) is 12.6 Å². The van der Waals surface area contributed by atoms with E-state index in [1.807, 2.05) is 0 Å². The van der Waals surface area contributed by atoms with Crippen LogP contribution in [0.15, 0.2) is 11.0 Å². The highest BCUT2D eigenvalue weighted by atomic mass is 16.1. The van der Waals surface area contributed by atoms with Crippen molar-refractivity contribution >= 4 is 5.69 Å². The molecule has 1 aliphatic rings. The molecular weight excluding hydrogens is 154 g/mol. The third kappa shape index (κ3) is 0.995. The van der Waals surface area contributed by atoms with Crippen LogP contribution in [-0.4, -0.2) is 9.78 Å². The Bertz CT molecular complexity index is 365. The van der Waals surface area contributed by atoms with Crippen LogP contribution in [0, 0.1) is 0 Å². The Labute approximate surface area is 70.0 Å². The van der Waals surface area contributed by atoms with Gasteiger partial charge >= 0.3 is 0 Å². The first kappa shape index (κ1) is 7.34. The average molecular weight is 165 g/mol. The molecule has 12 heavy (non-hydrogen) atoms. The third-order valence-corrected chi connectivity index (χ3v) is 2.22. The maximum Gasteiger partial charge on any atom is 0.289 e. The Hall–Kier alpha value is -1.32. The minimum atomic E-state index is -0.181. The summed E-state index contributed by atoms with van der Waals surface area (Å²) in [6.07, 6.45) is 3.98. The predicted molar refractivity (Wildman–Crippen MR) is 45.9 cm³/mol. The molecule has 0 amide bonds. The van der Waals surface area contributed by atoms with Crippen LogP contribution >= 0.6 is 0 Å². The second-order valence-electron chi connectivity index (χ2n) is 3.22. The molecule has 1 aromatic rings. The number of aromatic nitrogens is 2. The van der Waals surface area contributed by atoms with E-state index in [-0.39, 0.29) is 5.56 Å². The van der Waals surface area contributed by atoms with Crippen molar-refractivity contribution in [3.8, 4) is 0 Å². The highest BCUT2D eigenvalue weighted by Gasteiger charge is 2.27. The van der Waals surface area contributed by atoms with Gasteiger partial charge in [-0.2, -0.15) is 5.10 Å². The molecule has 64 valence electrons. The molecule has 0 atom stereocenters. The smallest absolute Gasteiger partial charge is 0.289 e. The second kappa shape index (κ2) is 2.33. The molecule has 0 spiro atoms. The Balaban J connectivity index is 2.57. The van der Waals surface area contributed by atoms with E-state index in [1.54, 1.807) is 13.2 Å². The SMILES string of the molecule is Cn1ncc(C2CC2)c(N)c1=O. The van der Waals surface area contributed by atoms with Crippen molar-refractivity contribution in [2.24, 2.45) is 7.05 Å². The summed E-state index contributed by atoms with van der Waals surface area (Å²) in [7, 11) is 1.61. The molecule has 4 heteroatoms. The van der Waals surface area contributed by atoms with Gasteiger partial charge in [0.1, 0.15) is 5.69 Å². The van der Waals surface area contributed by atoms with E-state index >= 15 is 0 Å². The fraction of sp³-hybridized carbons (Fsp3) is 0.500. The number of nitrogens with zero attached hydrogens (tertiary/aromatic N) is 2.